The van der Waals surface area contributed by atoms with E-state index in [2.05, 4.69) is 46.1 Å². The zero-order valence-corrected chi connectivity index (χ0v) is 12.2. The predicted octanol–water partition coefficient (Wildman–Crippen LogP) is 3.16. The lowest BCUT2D eigenvalue weighted by Crippen LogP contribution is -2.18. The van der Waals surface area contributed by atoms with E-state index in [4.69, 9.17) is 5.73 Å². The Labute approximate surface area is 124 Å². The summed E-state index contributed by atoms with van der Waals surface area (Å²) < 4.78 is 0. The average molecular weight is 278 g/mol. The fraction of sp³-hybridized carbons (Fsp3) is 0.176. The van der Waals surface area contributed by atoms with Crippen molar-refractivity contribution in [1.29, 1.82) is 0 Å². The van der Waals surface area contributed by atoms with Gasteiger partial charge in [0, 0.05) is 24.7 Å². The molecule has 0 aliphatic heterocycles. The number of aromatic nitrogens is 2. The molecule has 106 valence electrons. The molecule has 3 rings (SSSR count). The van der Waals surface area contributed by atoms with E-state index in [0.29, 0.717) is 5.69 Å². The smallest absolute Gasteiger partial charge is 0.139 e. The van der Waals surface area contributed by atoms with Gasteiger partial charge in [-0.25, -0.2) is 9.97 Å². The Morgan fingerprint density at radius 2 is 1.90 bits per heavy atom. The molecular weight excluding hydrogens is 260 g/mol. The molecule has 0 spiro atoms. The molecule has 4 nitrogen and oxygen atoms in total. The van der Waals surface area contributed by atoms with Gasteiger partial charge < -0.3 is 10.6 Å². The van der Waals surface area contributed by atoms with Gasteiger partial charge in [-0.2, -0.15) is 0 Å². The van der Waals surface area contributed by atoms with Gasteiger partial charge in [-0.15, -0.1) is 0 Å². The van der Waals surface area contributed by atoms with Crippen LogP contribution in [0.15, 0.2) is 48.8 Å². The van der Waals surface area contributed by atoms with Gasteiger partial charge in [0.1, 0.15) is 12.1 Å². The highest BCUT2D eigenvalue weighted by atomic mass is 15.2. The number of anilines is 2. The summed E-state index contributed by atoms with van der Waals surface area (Å²) in [6.45, 7) is 2.94. The minimum absolute atomic E-state index is 0.716. The number of hydrogen-bond acceptors (Lipinski definition) is 4. The summed E-state index contributed by atoms with van der Waals surface area (Å²) in [5.74, 6) is 0.920. The average Bonchev–Trinajstić information content (AvgIpc) is 2.48. The maximum Gasteiger partial charge on any atom is 0.139 e. The highest BCUT2D eigenvalue weighted by Crippen LogP contribution is 2.25. The molecule has 3 aromatic rings. The van der Waals surface area contributed by atoms with Crippen molar-refractivity contribution in [3.63, 3.8) is 0 Å². The summed E-state index contributed by atoms with van der Waals surface area (Å²) in [6.07, 6.45) is 1.59. The maximum absolute atomic E-state index is 5.82. The number of rotatable bonds is 3. The van der Waals surface area contributed by atoms with Gasteiger partial charge in [0.05, 0.1) is 5.52 Å². The van der Waals surface area contributed by atoms with Crippen molar-refractivity contribution in [2.75, 3.05) is 17.7 Å². The maximum atomic E-state index is 5.82. The lowest BCUT2D eigenvalue weighted by Gasteiger charge is -2.20. The van der Waals surface area contributed by atoms with Crippen LogP contribution < -0.4 is 10.6 Å². The third-order valence-corrected chi connectivity index (χ3v) is 3.67. The molecule has 0 unspecified atom stereocenters. The van der Waals surface area contributed by atoms with Crippen LogP contribution in [0.3, 0.4) is 0 Å². The SMILES string of the molecule is Cc1ccccc1CN(C)c1ncnc2cc(N)ccc12. The van der Waals surface area contributed by atoms with E-state index in [1.165, 1.54) is 11.1 Å². The Kier molecular flexibility index (Phi) is 3.44. The van der Waals surface area contributed by atoms with Crippen LogP contribution >= 0.6 is 0 Å². The zero-order chi connectivity index (χ0) is 14.8. The third-order valence-electron chi connectivity index (χ3n) is 3.67. The van der Waals surface area contributed by atoms with E-state index in [1.807, 2.05) is 25.2 Å². The number of aryl methyl sites for hydroxylation is 1. The molecule has 0 saturated carbocycles. The molecule has 0 atom stereocenters. The van der Waals surface area contributed by atoms with Crippen LogP contribution in [0.1, 0.15) is 11.1 Å². The molecule has 21 heavy (non-hydrogen) atoms. The fourth-order valence-electron chi connectivity index (χ4n) is 2.48. The van der Waals surface area contributed by atoms with Crippen molar-refractivity contribution < 1.29 is 0 Å². The summed E-state index contributed by atoms with van der Waals surface area (Å²) in [6, 6.07) is 14.1. The van der Waals surface area contributed by atoms with E-state index < -0.39 is 0 Å². The van der Waals surface area contributed by atoms with Gasteiger partial charge >= 0.3 is 0 Å². The number of benzene rings is 2. The van der Waals surface area contributed by atoms with Gasteiger partial charge in [-0.3, -0.25) is 0 Å². The molecular formula is C17H18N4. The first-order valence-corrected chi connectivity index (χ1v) is 6.91. The molecule has 0 bridgehead atoms. The number of hydrogen-bond donors (Lipinski definition) is 1. The first-order chi connectivity index (χ1) is 10.1. The Hall–Kier alpha value is -2.62. The molecule has 0 saturated heterocycles. The standard InChI is InChI=1S/C17H18N4/c1-12-5-3-4-6-13(12)10-21(2)17-15-8-7-14(18)9-16(15)19-11-20-17/h3-9,11H,10,18H2,1-2H3. The number of nitrogens with two attached hydrogens (primary N) is 1. The predicted molar refractivity (Wildman–Crippen MR) is 87.2 cm³/mol. The molecule has 0 aliphatic rings. The molecule has 0 aliphatic carbocycles. The van der Waals surface area contributed by atoms with Crippen LogP contribution in [0.25, 0.3) is 10.9 Å². The van der Waals surface area contributed by atoms with E-state index in [9.17, 15) is 0 Å². The Morgan fingerprint density at radius 3 is 2.71 bits per heavy atom. The van der Waals surface area contributed by atoms with Crippen molar-refractivity contribution in [3.05, 3.63) is 59.9 Å². The van der Waals surface area contributed by atoms with Crippen LogP contribution in [-0.2, 0) is 6.54 Å². The van der Waals surface area contributed by atoms with Crippen LogP contribution in [0.4, 0.5) is 11.5 Å². The van der Waals surface area contributed by atoms with E-state index in [0.717, 1.165) is 23.3 Å². The first kappa shape index (κ1) is 13.4. The highest BCUT2D eigenvalue weighted by molar-refractivity contribution is 5.91. The molecule has 0 radical (unpaired) electrons. The van der Waals surface area contributed by atoms with Crippen molar-refractivity contribution in [1.82, 2.24) is 9.97 Å². The quantitative estimate of drug-likeness (QED) is 0.748. The molecule has 1 heterocycles. The largest absolute Gasteiger partial charge is 0.399 e. The topological polar surface area (TPSA) is 55.0 Å². The van der Waals surface area contributed by atoms with Crippen LogP contribution in [0.5, 0.6) is 0 Å². The van der Waals surface area contributed by atoms with Crippen LogP contribution in [0, 0.1) is 6.92 Å². The van der Waals surface area contributed by atoms with E-state index in [-0.39, 0.29) is 0 Å². The van der Waals surface area contributed by atoms with Crippen molar-refractivity contribution in [3.8, 4) is 0 Å². The van der Waals surface area contributed by atoms with Gasteiger partial charge in [0.2, 0.25) is 0 Å². The lowest BCUT2D eigenvalue weighted by molar-refractivity contribution is 0.893. The lowest BCUT2D eigenvalue weighted by atomic mass is 10.1. The van der Waals surface area contributed by atoms with Crippen molar-refractivity contribution in [2.45, 2.75) is 13.5 Å². The van der Waals surface area contributed by atoms with Gasteiger partial charge in [0.15, 0.2) is 0 Å². The monoisotopic (exact) mass is 278 g/mol. The van der Waals surface area contributed by atoms with Gasteiger partial charge in [0.25, 0.3) is 0 Å². The molecule has 2 N–H and O–H groups in total. The molecule has 4 heteroatoms. The Balaban J connectivity index is 1.98. The van der Waals surface area contributed by atoms with Crippen molar-refractivity contribution >= 4 is 22.4 Å². The van der Waals surface area contributed by atoms with Crippen molar-refractivity contribution in [2.24, 2.45) is 0 Å². The second-order valence-corrected chi connectivity index (χ2v) is 5.26. The number of nitrogen functional groups attached to an aromatic ring is 1. The van der Waals surface area contributed by atoms with Gasteiger partial charge in [-0.05, 0) is 36.2 Å². The zero-order valence-electron chi connectivity index (χ0n) is 12.2. The van der Waals surface area contributed by atoms with E-state index in [1.54, 1.807) is 6.33 Å². The first-order valence-electron chi connectivity index (χ1n) is 6.91. The summed E-state index contributed by atoms with van der Waals surface area (Å²) >= 11 is 0. The molecule has 1 aromatic heterocycles. The number of fused-ring (bicyclic) bond motifs is 1. The normalized spacial score (nSPS) is 10.8. The summed E-state index contributed by atoms with van der Waals surface area (Å²) in [5.41, 5.74) is 9.99. The second-order valence-electron chi connectivity index (χ2n) is 5.26. The minimum Gasteiger partial charge on any atom is -0.399 e. The molecule has 0 fully saturated rings. The Morgan fingerprint density at radius 1 is 1.10 bits per heavy atom. The fourth-order valence-corrected chi connectivity index (χ4v) is 2.48. The van der Waals surface area contributed by atoms with Gasteiger partial charge in [-0.1, -0.05) is 24.3 Å². The molecule has 0 amide bonds. The summed E-state index contributed by atoms with van der Waals surface area (Å²) in [4.78, 5) is 10.9. The van der Waals surface area contributed by atoms with Crippen LogP contribution in [0.2, 0.25) is 0 Å². The second kappa shape index (κ2) is 5.40. The highest BCUT2D eigenvalue weighted by Gasteiger charge is 2.10. The summed E-state index contributed by atoms with van der Waals surface area (Å²) in [5, 5.41) is 1.02. The minimum atomic E-state index is 0.716. The van der Waals surface area contributed by atoms with E-state index >= 15 is 0 Å². The Bertz CT molecular complexity index is 783. The number of nitrogens with zero attached hydrogens (tertiary/aromatic N) is 3. The third kappa shape index (κ3) is 2.65. The van der Waals surface area contributed by atoms with Crippen LogP contribution in [-0.4, -0.2) is 17.0 Å². The summed E-state index contributed by atoms with van der Waals surface area (Å²) in [7, 11) is 2.05. The molecule has 2 aromatic carbocycles.